The van der Waals surface area contributed by atoms with Crippen LogP contribution in [-0.4, -0.2) is 101 Å². The molecule has 0 aromatic heterocycles. The van der Waals surface area contributed by atoms with E-state index in [-0.39, 0.29) is 0 Å². The number of hydrogen-bond acceptors (Lipinski definition) is 10. The second-order valence-corrected chi connectivity index (χ2v) is 7.47. The SMILES string of the molecule is CC1(C(O)C(O)CO)O[C@](O)(C(=O)O)C(C)(C)[C@@](C)(O)[C@@]1(O)NC(=O)CO. The highest BCUT2D eigenvalue weighted by atomic mass is 16.7. The van der Waals surface area contributed by atoms with Gasteiger partial charge in [-0.25, -0.2) is 4.79 Å². The molecule has 3 unspecified atom stereocenters. The van der Waals surface area contributed by atoms with Crippen LogP contribution in [0.3, 0.4) is 0 Å². The third-order valence-corrected chi connectivity index (χ3v) is 5.72. The number of rotatable bonds is 6. The molecule has 1 fully saturated rings. The van der Waals surface area contributed by atoms with E-state index in [1.165, 1.54) is 0 Å². The molecule has 1 rings (SSSR count). The molecule has 0 radical (unpaired) electrons. The predicted molar refractivity (Wildman–Crippen MR) is 85.8 cm³/mol. The van der Waals surface area contributed by atoms with Crippen LogP contribution < -0.4 is 5.32 Å². The molecule has 0 saturated carbocycles. The standard InChI is InChI=1S/C15H27NO11/c1-11(2)13(4,24)15(26,16-8(20)6-18)12(3,9(21)7(19)5-17)27-14(11,25)10(22)23/h7,9,17-19,21,24-26H,5-6H2,1-4H3,(H,16,20)(H,22,23)/t7?,9?,12?,13-,14-,15-/m1/s1. The zero-order chi connectivity index (χ0) is 21.6. The van der Waals surface area contributed by atoms with Gasteiger partial charge in [-0.15, -0.1) is 0 Å². The summed E-state index contributed by atoms with van der Waals surface area (Å²) in [5, 5.41) is 82.6. The Morgan fingerprint density at radius 2 is 1.52 bits per heavy atom. The molecule has 0 spiro atoms. The lowest BCUT2D eigenvalue weighted by Crippen LogP contribution is -2.89. The van der Waals surface area contributed by atoms with Crippen LogP contribution >= 0.6 is 0 Å². The Morgan fingerprint density at radius 1 is 1.04 bits per heavy atom. The highest BCUT2D eigenvalue weighted by Gasteiger charge is 2.80. The van der Waals surface area contributed by atoms with Crippen molar-refractivity contribution in [3.63, 3.8) is 0 Å². The van der Waals surface area contributed by atoms with Crippen LogP contribution in [0.15, 0.2) is 0 Å². The van der Waals surface area contributed by atoms with Crippen molar-refractivity contribution in [1.29, 1.82) is 0 Å². The second-order valence-electron chi connectivity index (χ2n) is 7.47. The highest BCUT2D eigenvalue weighted by molar-refractivity contribution is 5.79. The lowest BCUT2D eigenvalue weighted by atomic mass is 9.57. The number of amides is 1. The molecule has 1 aliphatic heterocycles. The molecule has 12 heteroatoms. The Balaban J connectivity index is 3.83. The van der Waals surface area contributed by atoms with E-state index in [2.05, 4.69) is 0 Å². The molecule has 1 amide bonds. The smallest absolute Gasteiger partial charge is 0.364 e. The van der Waals surface area contributed by atoms with Gasteiger partial charge in [0.25, 0.3) is 5.79 Å². The van der Waals surface area contributed by atoms with E-state index >= 15 is 0 Å². The maximum absolute atomic E-state index is 11.8. The molecule has 12 nitrogen and oxygen atoms in total. The summed E-state index contributed by atoms with van der Waals surface area (Å²) >= 11 is 0. The molecule has 0 aromatic carbocycles. The Labute approximate surface area is 154 Å². The molecular formula is C15H27NO11. The molecule has 158 valence electrons. The summed E-state index contributed by atoms with van der Waals surface area (Å²) in [5.41, 5.74) is -10.7. The molecular weight excluding hydrogens is 370 g/mol. The Kier molecular flexibility index (Phi) is 6.05. The topological polar surface area (TPSA) is 217 Å². The van der Waals surface area contributed by atoms with Crippen LogP contribution in [-0.2, 0) is 14.3 Å². The number of ether oxygens (including phenoxy) is 1. The summed E-state index contributed by atoms with van der Waals surface area (Å²) in [7, 11) is 0. The van der Waals surface area contributed by atoms with Gasteiger partial charge in [0.05, 0.1) is 12.0 Å². The Bertz CT molecular complexity index is 609. The van der Waals surface area contributed by atoms with Crippen molar-refractivity contribution in [1.82, 2.24) is 5.32 Å². The van der Waals surface area contributed by atoms with Crippen LogP contribution in [0, 0.1) is 5.41 Å². The molecule has 1 saturated heterocycles. The van der Waals surface area contributed by atoms with Crippen LogP contribution in [0.2, 0.25) is 0 Å². The first kappa shape index (κ1) is 23.7. The molecule has 1 heterocycles. The van der Waals surface area contributed by atoms with Gasteiger partial charge in [-0.3, -0.25) is 4.79 Å². The van der Waals surface area contributed by atoms with Crippen LogP contribution in [0.1, 0.15) is 27.7 Å². The van der Waals surface area contributed by atoms with Crippen molar-refractivity contribution < 1.29 is 55.2 Å². The average molecular weight is 397 g/mol. The minimum Gasteiger partial charge on any atom is -0.477 e. The van der Waals surface area contributed by atoms with E-state index in [9.17, 15) is 40.2 Å². The fourth-order valence-electron chi connectivity index (χ4n) is 3.31. The van der Waals surface area contributed by atoms with Gasteiger partial charge >= 0.3 is 5.97 Å². The first-order valence-corrected chi connectivity index (χ1v) is 7.99. The molecule has 0 aliphatic carbocycles. The molecule has 1 aliphatic rings. The summed E-state index contributed by atoms with van der Waals surface area (Å²) in [5.74, 6) is -6.44. The molecule has 0 bridgehead atoms. The number of aliphatic carboxylic acids is 1. The number of aliphatic hydroxyl groups is 7. The largest absolute Gasteiger partial charge is 0.477 e. The predicted octanol–water partition coefficient (Wildman–Crippen LogP) is -4.16. The van der Waals surface area contributed by atoms with E-state index < -0.39 is 65.4 Å². The summed E-state index contributed by atoms with van der Waals surface area (Å²) in [6.45, 7) is 1.50. The fourth-order valence-corrected chi connectivity index (χ4v) is 3.31. The number of carbonyl (C=O) groups is 2. The summed E-state index contributed by atoms with van der Waals surface area (Å²) in [4.78, 5) is 23.5. The summed E-state index contributed by atoms with van der Waals surface area (Å²) < 4.78 is 5.15. The quantitative estimate of drug-likeness (QED) is 0.196. The minimum absolute atomic E-state index is 0.811. The van der Waals surface area contributed by atoms with E-state index in [4.69, 9.17) is 14.9 Å². The molecule has 9 N–H and O–H groups in total. The highest BCUT2D eigenvalue weighted by Crippen LogP contribution is 2.57. The Morgan fingerprint density at radius 3 is 1.89 bits per heavy atom. The minimum atomic E-state index is -3.21. The van der Waals surface area contributed by atoms with Gasteiger partial charge in [0, 0.05) is 0 Å². The van der Waals surface area contributed by atoms with Crippen LogP contribution in [0.5, 0.6) is 0 Å². The fraction of sp³-hybridized carbons (Fsp3) is 0.867. The van der Waals surface area contributed by atoms with Gasteiger partial charge in [-0.2, -0.15) is 0 Å². The van der Waals surface area contributed by atoms with Gasteiger partial charge in [0.2, 0.25) is 5.91 Å². The van der Waals surface area contributed by atoms with Crippen LogP contribution in [0.25, 0.3) is 0 Å². The third-order valence-electron chi connectivity index (χ3n) is 5.72. The van der Waals surface area contributed by atoms with Gasteiger partial charge in [-0.05, 0) is 13.8 Å². The van der Waals surface area contributed by atoms with Crippen molar-refractivity contribution in [2.45, 2.75) is 62.6 Å². The number of carboxylic acid groups (broad SMARTS) is 1. The summed E-state index contributed by atoms with van der Waals surface area (Å²) in [6.07, 6.45) is -4.33. The van der Waals surface area contributed by atoms with Gasteiger partial charge in [0.15, 0.2) is 5.72 Å². The first-order valence-electron chi connectivity index (χ1n) is 7.99. The Hall–Kier alpha value is -1.38. The van der Waals surface area contributed by atoms with Gasteiger partial charge < -0.3 is 50.9 Å². The van der Waals surface area contributed by atoms with Crippen molar-refractivity contribution in [3.05, 3.63) is 0 Å². The molecule has 0 aromatic rings. The summed E-state index contributed by atoms with van der Waals surface area (Å²) in [6, 6.07) is 0. The van der Waals surface area contributed by atoms with Crippen molar-refractivity contribution in [2.75, 3.05) is 13.2 Å². The van der Waals surface area contributed by atoms with Gasteiger partial charge in [-0.1, -0.05) is 13.8 Å². The first-order chi connectivity index (χ1) is 12.0. The normalized spacial score (nSPS) is 40.9. The number of hydrogen-bond donors (Lipinski definition) is 9. The number of carbonyl (C=O) groups excluding carboxylic acids is 1. The molecule has 27 heavy (non-hydrogen) atoms. The van der Waals surface area contributed by atoms with Crippen molar-refractivity contribution in [2.24, 2.45) is 5.41 Å². The number of nitrogens with one attached hydrogen (secondary N) is 1. The second kappa shape index (κ2) is 6.90. The van der Waals surface area contributed by atoms with E-state index in [1.54, 1.807) is 0 Å². The van der Waals surface area contributed by atoms with E-state index in [1.807, 2.05) is 5.32 Å². The van der Waals surface area contributed by atoms with Crippen molar-refractivity contribution >= 4 is 11.9 Å². The van der Waals surface area contributed by atoms with Crippen molar-refractivity contribution in [3.8, 4) is 0 Å². The van der Waals surface area contributed by atoms with Gasteiger partial charge in [0.1, 0.15) is 30.0 Å². The maximum atomic E-state index is 11.8. The maximum Gasteiger partial charge on any atom is 0.364 e. The third kappa shape index (κ3) is 2.93. The van der Waals surface area contributed by atoms with E-state index in [0.717, 1.165) is 27.7 Å². The monoisotopic (exact) mass is 397 g/mol. The number of aliphatic hydroxyl groups excluding tert-OH is 4. The lowest BCUT2D eigenvalue weighted by molar-refractivity contribution is -0.446. The zero-order valence-electron chi connectivity index (χ0n) is 15.4. The van der Waals surface area contributed by atoms with Crippen LogP contribution in [0.4, 0.5) is 0 Å². The number of carboxylic acids is 1. The molecule has 6 atom stereocenters. The lowest BCUT2D eigenvalue weighted by Gasteiger charge is -2.66. The average Bonchev–Trinajstić information content (AvgIpc) is 2.57. The van der Waals surface area contributed by atoms with E-state index in [0.29, 0.717) is 0 Å². The zero-order valence-corrected chi connectivity index (χ0v) is 15.4.